The molecule has 164 valence electrons. The lowest BCUT2D eigenvalue weighted by Gasteiger charge is -2.32. The van der Waals surface area contributed by atoms with E-state index in [0.717, 1.165) is 32.0 Å². The fourth-order valence-electron chi connectivity index (χ4n) is 3.57. The summed E-state index contributed by atoms with van der Waals surface area (Å²) < 4.78 is 0. The van der Waals surface area contributed by atoms with Crippen LogP contribution in [0.4, 0.5) is 16.2 Å². The minimum absolute atomic E-state index is 0.253. The number of hydrogen-bond acceptors (Lipinski definition) is 5. The minimum Gasteiger partial charge on any atom is -0.276 e. The number of benzene rings is 3. The van der Waals surface area contributed by atoms with Crippen molar-refractivity contribution in [2.45, 2.75) is 9.79 Å². The molecular formula is C24H14Cl2N2O3S2. The van der Waals surface area contributed by atoms with Gasteiger partial charge in [-0.2, -0.15) is 0 Å². The number of fused-ring (bicyclic) bond motifs is 2. The number of imide groups is 1. The molecule has 0 atom stereocenters. The predicted molar refractivity (Wildman–Crippen MR) is 133 cm³/mol. The maximum Gasteiger partial charge on any atom is 0.294 e. The number of thioether (sulfide) groups is 1. The molecule has 0 bridgehead atoms. The second-order valence-electron chi connectivity index (χ2n) is 7.20. The van der Waals surface area contributed by atoms with Crippen molar-refractivity contribution < 1.29 is 14.4 Å². The van der Waals surface area contributed by atoms with Crippen LogP contribution in [0.1, 0.15) is 5.56 Å². The second kappa shape index (κ2) is 8.91. The third kappa shape index (κ3) is 4.17. The van der Waals surface area contributed by atoms with Crippen molar-refractivity contribution in [1.29, 1.82) is 0 Å². The first-order valence-corrected chi connectivity index (χ1v) is 12.2. The highest BCUT2D eigenvalue weighted by Crippen LogP contribution is 2.50. The van der Waals surface area contributed by atoms with Crippen molar-refractivity contribution in [3.05, 3.63) is 87.2 Å². The van der Waals surface area contributed by atoms with Crippen LogP contribution in [-0.4, -0.2) is 28.5 Å². The van der Waals surface area contributed by atoms with Gasteiger partial charge in [0.15, 0.2) is 0 Å². The van der Waals surface area contributed by atoms with E-state index in [1.165, 1.54) is 16.7 Å². The monoisotopic (exact) mass is 512 g/mol. The topological polar surface area (TPSA) is 57.7 Å². The Morgan fingerprint density at radius 1 is 0.879 bits per heavy atom. The van der Waals surface area contributed by atoms with E-state index in [9.17, 15) is 14.4 Å². The quantitative estimate of drug-likeness (QED) is 0.358. The first-order chi connectivity index (χ1) is 15.9. The molecule has 1 fully saturated rings. The third-order valence-corrected chi connectivity index (χ3v) is 7.66. The van der Waals surface area contributed by atoms with E-state index in [4.69, 9.17) is 23.2 Å². The maximum absolute atomic E-state index is 13.5. The molecule has 0 saturated carbocycles. The summed E-state index contributed by atoms with van der Waals surface area (Å²) in [5.74, 6) is -0.931. The third-order valence-electron chi connectivity index (χ3n) is 5.08. The van der Waals surface area contributed by atoms with Crippen molar-refractivity contribution in [2.75, 3.05) is 11.4 Å². The highest BCUT2D eigenvalue weighted by atomic mass is 35.5. The SMILES string of the molecule is O=C1S/C(=C\c2ccc(Cl)cc2)C(=O)N1CC(=O)N1c2ccccc2Sc2cccc(Cl)c21. The largest absolute Gasteiger partial charge is 0.294 e. The average Bonchev–Trinajstić information content (AvgIpc) is 3.06. The highest BCUT2D eigenvalue weighted by molar-refractivity contribution is 8.18. The fraction of sp³-hybridized carbons (Fsp3) is 0.0417. The Balaban J connectivity index is 1.45. The van der Waals surface area contributed by atoms with Gasteiger partial charge in [0.05, 0.1) is 21.3 Å². The van der Waals surface area contributed by atoms with E-state index in [-0.39, 0.29) is 4.91 Å². The Hall–Kier alpha value is -2.71. The summed E-state index contributed by atoms with van der Waals surface area (Å²) >= 11 is 14.7. The highest BCUT2D eigenvalue weighted by Gasteiger charge is 2.39. The van der Waals surface area contributed by atoms with Gasteiger partial charge in [0.1, 0.15) is 6.54 Å². The molecule has 3 aromatic rings. The maximum atomic E-state index is 13.5. The number of hydrogen-bond donors (Lipinski definition) is 0. The average molecular weight is 513 g/mol. The zero-order valence-electron chi connectivity index (χ0n) is 16.8. The molecular weight excluding hydrogens is 499 g/mol. The molecule has 5 rings (SSSR count). The summed E-state index contributed by atoms with van der Waals surface area (Å²) in [5.41, 5.74) is 1.95. The summed E-state index contributed by atoms with van der Waals surface area (Å²) in [5, 5.41) is 0.497. The minimum atomic E-state index is -0.507. The van der Waals surface area contributed by atoms with Gasteiger partial charge in [-0.05, 0) is 59.8 Å². The number of anilines is 2. The number of para-hydroxylation sites is 2. The van der Waals surface area contributed by atoms with Crippen LogP contribution in [0.2, 0.25) is 10.0 Å². The normalized spacial score (nSPS) is 16.2. The standard InChI is InChI=1S/C24H14Cl2N2O3S2/c25-15-10-8-14(9-11-15)12-20-23(30)27(24(31)33-20)13-21(29)28-17-5-1-2-6-18(17)32-19-7-3-4-16(26)22(19)28/h1-12H,13H2/b20-12-. The van der Waals surface area contributed by atoms with Gasteiger partial charge in [0.25, 0.3) is 17.1 Å². The molecule has 9 heteroatoms. The van der Waals surface area contributed by atoms with E-state index in [1.807, 2.05) is 36.4 Å². The van der Waals surface area contributed by atoms with Crippen LogP contribution in [0.25, 0.3) is 6.08 Å². The van der Waals surface area contributed by atoms with E-state index in [0.29, 0.717) is 21.4 Å². The molecule has 3 aromatic carbocycles. The molecule has 0 unspecified atom stereocenters. The van der Waals surface area contributed by atoms with Gasteiger partial charge >= 0.3 is 0 Å². The van der Waals surface area contributed by atoms with Crippen molar-refractivity contribution in [3.63, 3.8) is 0 Å². The number of carbonyl (C=O) groups is 3. The predicted octanol–water partition coefficient (Wildman–Crippen LogP) is 6.86. The second-order valence-corrected chi connectivity index (χ2v) is 10.1. The van der Waals surface area contributed by atoms with Gasteiger partial charge in [0, 0.05) is 14.8 Å². The first-order valence-electron chi connectivity index (χ1n) is 9.81. The summed E-state index contributed by atoms with van der Waals surface area (Å²) in [6.45, 7) is -0.397. The number of amides is 3. The van der Waals surface area contributed by atoms with Crippen LogP contribution >= 0.6 is 46.7 Å². The lowest BCUT2D eigenvalue weighted by molar-refractivity contribution is -0.127. The zero-order valence-corrected chi connectivity index (χ0v) is 20.0. The van der Waals surface area contributed by atoms with Gasteiger partial charge in [0.2, 0.25) is 0 Å². The van der Waals surface area contributed by atoms with Gasteiger partial charge < -0.3 is 0 Å². The number of rotatable bonds is 3. The first kappa shape index (κ1) is 22.1. The van der Waals surface area contributed by atoms with Crippen LogP contribution in [-0.2, 0) is 9.59 Å². The molecule has 2 aliphatic heterocycles. The van der Waals surface area contributed by atoms with Crippen molar-refractivity contribution >= 4 is 81.2 Å². The molecule has 2 aliphatic rings. The molecule has 1 saturated heterocycles. The molecule has 0 aliphatic carbocycles. The Morgan fingerprint density at radius 3 is 2.39 bits per heavy atom. The van der Waals surface area contributed by atoms with E-state index < -0.39 is 23.6 Å². The van der Waals surface area contributed by atoms with Crippen LogP contribution in [0, 0.1) is 0 Å². The lowest BCUT2D eigenvalue weighted by atomic mass is 10.2. The number of halogens is 2. The van der Waals surface area contributed by atoms with Gasteiger partial charge in [-0.3, -0.25) is 24.2 Å². The zero-order chi connectivity index (χ0) is 23.1. The molecule has 5 nitrogen and oxygen atoms in total. The summed E-state index contributed by atoms with van der Waals surface area (Å²) in [4.78, 5) is 43.5. The van der Waals surface area contributed by atoms with E-state index >= 15 is 0 Å². The van der Waals surface area contributed by atoms with Gasteiger partial charge in [-0.25, -0.2) is 0 Å². The van der Waals surface area contributed by atoms with Crippen molar-refractivity contribution in [3.8, 4) is 0 Å². The Bertz CT molecular complexity index is 1340. The van der Waals surface area contributed by atoms with Crippen LogP contribution in [0.15, 0.2) is 81.4 Å². The molecule has 0 aromatic heterocycles. The van der Waals surface area contributed by atoms with Crippen molar-refractivity contribution in [2.24, 2.45) is 0 Å². The summed E-state index contributed by atoms with van der Waals surface area (Å²) in [6, 6.07) is 19.8. The lowest BCUT2D eigenvalue weighted by Crippen LogP contribution is -2.41. The molecule has 0 radical (unpaired) electrons. The molecule has 3 amide bonds. The molecule has 33 heavy (non-hydrogen) atoms. The molecule has 2 heterocycles. The van der Waals surface area contributed by atoms with Gasteiger partial charge in [-0.15, -0.1) is 0 Å². The molecule has 0 N–H and O–H groups in total. The number of carbonyl (C=O) groups excluding carboxylic acids is 3. The van der Waals surface area contributed by atoms with Crippen molar-refractivity contribution in [1.82, 2.24) is 4.90 Å². The van der Waals surface area contributed by atoms with Crippen LogP contribution in [0.5, 0.6) is 0 Å². The van der Waals surface area contributed by atoms with Gasteiger partial charge in [-0.1, -0.05) is 65.3 Å². The summed E-state index contributed by atoms with van der Waals surface area (Å²) in [6.07, 6.45) is 1.62. The Kier molecular flexibility index (Phi) is 5.97. The smallest absolute Gasteiger partial charge is 0.276 e. The van der Waals surface area contributed by atoms with Crippen LogP contribution < -0.4 is 4.90 Å². The summed E-state index contributed by atoms with van der Waals surface area (Å²) in [7, 11) is 0. The van der Waals surface area contributed by atoms with Crippen LogP contribution in [0.3, 0.4) is 0 Å². The molecule has 0 spiro atoms. The Labute approximate surface area is 208 Å². The van der Waals surface area contributed by atoms with E-state index in [1.54, 1.807) is 36.4 Å². The Morgan fingerprint density at radius 2 is 1.61 bits per heavy atom. The fourth-order valence-corrected chi connectivity index (χ4v) is 5.95. The number of nitrogens with zero attached hydrogens (tertiary/aromatic N) is 2. The van der Waals surface area contributed by atoms with E-state index in [2.05, 4.69) is 0 Å².